The Morgan fingerprint density at radius 1 is 0.690 bits per heavy atom. The van der Waals surface area contributed by atoms with Crippen LogP contribution in [-0.2, 0) is 57.4 Å². The lowest BCUT2D eigenvalue weighted by molar-refractivity contribution is -0.333. The number of hydrogen-bond acceptors (Lipinski definition) is 27. The van der Waals surface area contributed by atoms with Crippen molar-refractivity contribution in [2.75, 3.05) is 25.5 Å². The molecule has 11 bridgehead atoms. The summed E-state index contributed by atoms with van der Waals surface area (Å²) in [4.78, 5) is 134. The molecule has 36 nitrogen and oxygen atoms in total. The summed E-state index contributed by atoms with van der Waals surface area (Å²) >= 11 is 14.3. The molecule has 604 valence electrons. The van der Waals surface area contributed by atoms with Crippen LogP contribution in [0.15, 0.2) is 97.1 Å². The zero-order valence-corrected chi connectivity index (χ0v) is 62.7. The number of phenolic OH excluding ortho intramolecular Hbond substituents is 4. The van der Waals surface area contributed by atoms with Gasteiger partial charge < -0.3 is 139 Å². The maximum atomic E-state index is 16.2. The predicted molar refractivity (Wildman–Crippen MR) is 396 cm³/mol. The first-order valence-electron chi connectivity index (χ1n) is 35.5. The van der Waals surface area contributed by atoms with Crippen molar-refractivity contribution in [1.82, 2.24) is 42.5 Å². The SMILES string of the molecule is CN[C@H](CC(C)C)C(=O)N[C@H]1C(=O)N[C@@H](CC(N)=O)C(=O)NC2C(=O)N[C@H]3C(=O)N[C@H](C(=O)NC(C(=O)NCC(=O)Nc4cc(C)ccc4O)c4cc(O)cc(O)c4-c4cc3ccc4O)[C@H](O)c3ccc(c(Cl)c3)Oc3cc2cc(c3O[C@@H]2O[C@H](CO)[C@@H](O)[C@H](O)[C@H]2OC2C[C@](C)(N)[C@H](O)[C@H](C)O2)Oc2ccc(cc2Cl)[C@H]1O. The van der Waals surface area contributed by atoms with E-state index >= 15 is 19.2 Å². The number of aryl methyl sites for hydroxylation is 1. The fraction of sp³-hybridized carbons (Fsp3) is 0.400. The van der Waals surface area contributed by atoms with E-state index in [1.165, 1.54) is 45.2 Å². The predicted octanol–water partition coefficient (Wildman–Crippen LogP) is 0.791. The lowest BCUT2D eigenvalue weighted by atomic mass is 9.86. The van der Waals surface area contributed by atoms with E-state index in [1.54, 1.807) is 13.0 Å². The largest absolute Gasteiger partial charge is 0.508 e. The molecule has 3 unspecified atom stereocenters. The molecule has 7 heterocycles. The van der Waals surface area contributed by atoms with Gasteiger partial charge in [-0.3, -0.25) is 43.2 Å². The van der Waals surface area contributed by atoms with Gasteiger partial charge in [-0.25, -0.2) is 0 Å². The number of carbonyl (C=O) groups is 9. The minimum atomic E-state index is -2.38. The number of aliphatic hydroxyl groups excluding tert-OH is 6. The van der Waals surface area contributed by atoms with Crippen LogP contribution in [0.4, 0.5) is 5.69 Å². The summed E-state index contributed by atoms with van der Waals surface area (Å²) in [5, 5.41) is 137. The molecule has 6 aromatic rings. The van der Waals surface area contributed by atoms with E-state index in [9.17, 15) is 75.0 Å². The number of likely N-dealkylation sites (N-methyl/N-ethyl adjacent to an activating group) is 1. The first kappa shape index (κ1) is 83.2. The Labute approximate surface area is 653 Å². The highest BCUT2D eigenvalue weighted by Crippen LogP contribution is 2.50. The van der Waals surface area contributed by atoms with E-state index in [4.69, 9.17) is 63.1 Å². The number of ether oxygens (including phenoxy) is 6. The van der Waals surface area contributed by atoms with Gasteiger partial charge in [0.1, 0.15) is 101 Å². The van der Waals surface area contributed by atoms with E-state index in [0.717, 1.165) is 66.7 Å². The van der Waals surface area contributed by atoms with Crippen molar-refractivity contribution in [2.24, 2.45) is 17.4 Å². The van der Waals surface area contributed by atoms with Gasteiger partial charge in [0.2, 0.25) is 65.2 Å². The number of aromatic hydroxyl groups is 4. The van der Waals surface area contributed by atoms with Crippen LogP contribution in [0.5, 0.6) is 51.7 Å². The number of aliphatic hydroxyl groups is 6. The van der Waals surface area contributed by atoms with Crippen molar-refractivity contribution in [3.8, 4) is 62.9 Å². The fourth-order valence-electron chi connectivity index (χ4n) is 13.7. The second kappa shape index (κ2) is 34.3. The molecule has 7 aliphatic heterocycles. The number of nitrogens with two attached hydrogens (primary N) is 2. The monoisotopic (exact) mass is 1610 g/mol. The molecule has 2 fully saturated rings. The molecule has 0 saturated carbocycles. The molecule has 0 aliphatic carbocycles. The van der Waals surface area contributed by atoms with Crippen LogP contribution in [0, 0.1) is 12.8 Å². The average Bonchev–Trinajstić information content (AvgIpc) is 0.771. The van der Waals surface area contributed by atoms with Gasteiger partial charge in [0.15, 0.2) is 23.9 Å². The van der Waals surface area contributed by atoms with Crippen LogP contribution in [0.2, 0.25) is 10.0 Å². The number of hydrogen-bond donors (Lipinski definition) is 21. The normalized spacial score (nSPS) is 27.5. The molecule has 2 saturated heterocycles. The van der Waals surface area contributed by atoms with Crippen molar-refractivity contribution in [2.45, 2.75) is 163 Å². The number of fused-ring (bicyclic) bond motifs is 15. The second-order valence-electron chi connectivity index (χ2n) is 28.7. The molecule has 113 heavy (non-hydrogen) atoms. The van der Waals surface area contributed by atoms with E-state index in [0.29, 0.717) is 5.56 Å². The summed E-state index contributed by atoms with van der Waals surface area (Å²) in [6, 6.07) is 3.54. The second-order valence-corrected chi connectivity index (χ2v) is 29.5. The Bertz CT molecular complexity index is 4710. The number of anilines is 1. The van der Waals surface area contributed by atoms with Gasteiger partial charge >= 0.3 is 0 Å². The number of benzene rings is 6. The number of phenols is 4. The maximum absolute atomic E-state index is 16.2. The quantitative estimate of drug-likeness (QED) is 0.0596. The van der Waals surface area contributed by atoms with Gasteiger partial charge in [-0.1, -0.05) is 61.3 Å². The Morgan fingerprint density at radius 2 is 1.31 bits per heavy atom. The third kappa shape index (κ3) is 18.3. The molecule has 38 heteroatoms. The first-order chi connectivity index (χ1) is 53.4. The molecule has 13 rings (SSSR count). The van der Waals surface area contributed by atoms with Crippen LogP contribution in [-0.4, -0.2) is 203 Å². The van der Waals surface area contributed by atoms with Gasteiger partial charge in [0.05, 0.1) is 53.6 Å². The number of primary amides is 1. The minimum absolute atomic E-state index is 0.0528. The molecule has 6 aromatic carbocycles. The van der Waals surface area contributed by atoms with Crippen LogP contribution < -0.4 is 73.5 Å². The van der Waals surface area contributed by atoms with Crippen LogP contribution >= 0.6 is 23.2 Å². The van der Waals surface area contributed by atoms with Gasteiger partial charge in [0, 0.05) is 29.2 Å². The molecule has 9 amide bonds. The topological polar surface area (TPSA) is 572 Å². The number of amides is 9. The summed E-state index contributed by atoms with van der Waals surface area (Å²) in [5.41, 5.74) is 8.58. The highest BCUT2D eigenvalue weighted by Gasteiger charge is 2.52. The highest BCUT2D eigenvalue weighted by molar-refractivity contribution is 6.32. The van der Waals surface area contributed by atoms with Gasteiger partial charge in [-0.2, -0.15) is 0 Å². The summed E-state index contributed by atoms with van der Waals surface area (Å²) in [5.74, 6) is -16.9. The number of rotatable bonds is 16. The molecule has 7 aliphatic rings. The average molecular weight is 1610 g/mol. The van der Waals surface area contributed by atoms with Crippen LogP contribution in [0.3, 0.4) is 0 Å². The van der Waals surface area contributed by atoms with E-state index in [2.05, 4.69) is 47.9 Å². The van der Waals surface area contributed by atoms with Crippen LogP contribution in [0.1, 0.15) is 111 Å². The van der Waals surface area contributed by atoms with Gasteiger partial charge in [-0.05, 0) is 140 Å². The van der Waals surface area contributed by atoms with E-state index in [1.807, 2.05) is 13.8 Å². The summed E-state index contributed by atoms with van der Waals surface area (Å²) < 4.78 is 38.5. The molecule has 0 aromatic heterocycles. The van der Waals surface area contributed by atoms with E-state index < -0.39 is 250 Å². The maximum Gasteiger partial charge on any atom is 0.248 e. The van der Waals surface area contributed by atoms with Crippen molar-refractivity contribution in [3.05, 3.63) is 140 Å². The standard InChI is InChI=1S/C75H85Cl2N11O25/c1-28(2)15-41(80-6)67(101)87-58-60(96)32-9-13-46(38(76)18-32)109-48-20-34-21-49(64(48)113-74-65(63(99)62(98)50(27-89)111-74)112-53-25-75(5,79)66(100)30(4)108-53)110-47-14-10-33(19-39(47)77)61(97)59-73(107)86-57(69(103)81-26-52(95)82-40-16-29(3)7-11-44(40)92)37-22-35(90)23-45(93)54(37)36-17-31(8-12-43(36)91)55(70(104)88-59)85-71(105)56(34)84-68(102)42(24-51(78)94)83-72(58)106/h7-14,16-23,28,30,41-42,50,53,55-63,65-66,74,80,89-93,96-100H,15,24-27,79H2,1-6H3,(H2,78,94)(H,81,103)(H,82,95)(H,83,106)(H,84,102)(H,85,105)(H,86,107)(H,87,101)(H,88,104)/t30-,41+,42-,50+,53?,55+,56?,57?,58+,59-,60+,61+,62+,63-,65+,66+,74-,75-/m0/s1. The van der Waals surface area contributed by atoms with E-state index in [-0.39, 0.29) is 57.7 Å². The minimum Gasteiger partial charge on any atom is -0.508 e. The molecular weight excluding hydrogens is 1530 g/mol. The smallest absolute Gasteiger partial charge is 0.248 e. The molecule has 18 atom stereocenters. The summed E-state index contributed by atoms with van der Waals surface area (Å²) in [6.07, 6.45) is -18.8. The van der Waals surface area contributed by atoms with Crippen molar-refractivity contribution in [3.63, 3.8) is 0 Å². The number of nitrogens with one attached hydrogen (secondary N) is 9. The Hall–Kier alpha value is -10.7. The highest BCUT2D eigenvalue weighted by atomic mass is 35.5. The van der Waals surface area contributed by atoms with Gasteiger partial charge in [-0.15, -0.1) is 0 Å². The number of halogens is 2. The van der Waals surface area contributed by atoms with Crippen LogP contribution in [0.25, 0.3) is 11.1 Å². The first-order valence-corrected chi connectivity index (χ1v) is 36.3. The van der Waals surface area contributed by atoms with Gasteiger partial charge in [0.25, 0.3) is 0 Å². The third-order valence-electron chi connectivity index (χ3n) is 19.6. The van der Waals surface area contributed by atoms with Crippen molar-refractivity contribution >= 4 is 82.1 Å². The summed E-state index contributed by atoms with van der Waals surface area (Å²) in [7, 11) is 1.47. The lowest BCUT2D eigenvalue weighted by Gasteiger charge is -2.47. The molecular formula is C75H85Cl2N11O25. The van der Waals surface area contributed by atoms with Crippen molar-refractivity contribution < 1.29 is 123 Å². The fourth-order valence-corrected chi connectivity index (χ4v) is 14.2. The zero-order chi connectivity index (χ0) is 82.1. The molecule has 0 spiro atoms. The zero-order valence-electron chi connectivity index (χ0n) is 61.2. The number of carbonyl (C=O) groups excluding carboxylic acids is 9. The lowest BCUT2D eigenvalue weighted by Crippen LogP contribution is -2.64. The summed E-state index contributed by atoms with van der Waals surface area (Å²) in [6.45, 7) is 6.42. The molecule has 23 N–H and O–H groups in total. The molecule has 0 radical (unpaired) electrons. The van der Waals surface area contributed by atoms with Crippen molar-refractivity contribution in [1.29, 1.82) is 0 Å². The Balaban J connectivity index is 1.13. The Kier molecular flexibility index (Phi) is 25.3. The third-order valence-corrected chi connectivity index (χ3v) is 20.2. The Morgan fingerprint density at radius 3 is 1.93 bits per heavy atom.